The van der Waals surface area contributed by atoms with Gasteiger partial charge in [-0.25, -0.2) is 9.79 Å². The zero-order valence-electron chi connectivity index (χ0n) is 18.3. The number of rotatable bonds is 8. The SMILES string of the molecule is CCCC1=C(C(=O)OCC)[C@H](c2ccc(OCC(C)C)cc2)N2C(=N1)SC(C#N)=C2N. The molecule has 0 fully saturated rings. The largest absolute Gasteiger partial charge is 0.493 e. The molecule has 0 amide bonds. The Bertz CT molecular complexity index is 974. The van der Waals surface area contributed by atoms with E-state index in [-0.39, 0.29) is 6.61 Å². The van der Waals surface area contributed by atoms with Crippen LogP contribution in [0.15, 0.2) is 51.3 Å². The summed E-state index contributed by atoms with van der Waals surface area (Å²) in [6, 6.07) is 9.24. The summed E-state index contributed by atoms with van der Waals surface area (Å²) in [6.07, 6.45) is 1.45. The molecule has 3 rings (SSSR count). The molecule has 31 heavy (non-hydrogen) atoms. The molecule has 1 aromatic carbocycles. The summed E-state index contributed by atoms with van der Waals surface area (Å²) in [5.41, 5.74) is 8.31. The predicted octanol–water partition coefficient (Wildman–Crippen LogP) is 4.45. The standard InChI is InChI=1S/C23H28N4O3S/c1-5-7-17-19(22(28)29-6-2)20(27-21(25)18(12-24)31-23(27)26-17)15-8-10-16(11-9-15)30-13-14(3)4/h8-11,14,20H,5-7,13,25H2,1-4H3/t20-/m0/s1. The molecule has 0 aromatic heterocycles. The smallest absolute Gasteiger partial charge is 0.338 e. The van der Waals surface area contributed by atoms with Gasteiger partial charge in [-0.2, -0.15) is 5.26 Å². The highest BCUT2D eigenvalue weighted by Gasteiger charge is 2.43. The highest BCUT2D eigenvalue weighted by Crippen LogP contribution is 2.46. The van der Waals surface area contributed by atoms with Gasteiger partial charge in [-0.05, 0) is 48.7 Å². The van der Waals surface area contributed by atoms with Gasteiger partial charge in [-0.1, -0.05) is 39.3 Å². The van der Waals surface area contributed by atoms with Crippen molar-refractivity contribution in [2.24, 2.45) is 16.6 Å². The monoisotopic (exact) mass is 440 g/mol. The van der Waals surface area contributed by atoms with Gasteiger partial charge in [0.15, 0.2) is 5.17 Å². The van der Waals surface area contributed by atoms with Crippen molar-refractivity contribution in [3.8, 4) is 11.8 Å². The van der Waals surface area contributed by atoms with E-state index < -0.39 is 12.0 Å². The molecule has 2 N–H and O–H groups in total. The van der Waals surface area contributed by atoms with Crippen LogP contribution in [-0.2, 0) is 9.53 Å². The highest BCUT2D eigenvalue weighted by atomic mass is 32.2. The molecule has 0 unspecified atom stereocenters. The van der Waals surface area contributed by atoms with Crippen molar-refractivity contribution in [3.63, 3.8) is 0 Å². The van der Waals surface area contributed by atoms with E-state index in [4.69, 9.17) is 20.2 Å². The molecule has 7 nitrogen and oxygen atoms in total. The van der Waals surface area contributed by atoms with Crippen LogP contribution in [-0.4, -0.2) is 29.3 Å². The molecule has 0 radical (unpaired) electrons. The molecule has 2 aliphatic heterocycles. The fourth-order valence-electron chi connectivity index (χ4n) is 3.46. The molecule has 0 saturated carbocycles. The summed E-state index contributed by atoms with van der Waals surface area (Å²) >= 11 is 1.23. The summed E-state index contributed by atoms with van der Waals surface area (Å²) in [5, 5.41) is 10.1. The molecule has 8 heteroatoms. The van der Waals surface area contributed by atoms with Crippen LogP contribution in [0, 0.1) is 17.2 Å². The lowest BCUT2D eigenvalue weighted by molar-refractivity contribution is -0.139. The van der Waals surface area contributed by atoms with Gasteiger partial charge < -0.3 is 15.2 Å². The van der Waals surface area contributed by atoms with Crippen molar-refractivity contribution in [2.75, 3.05) is 13.2 Å². The minimum Gasteiger partial charge on any atom is -0.493 e. The van der Waals surface area contributed by atoms with E-state index in [2.05, 4.69) is 19.9 Å². The van der Waals surface area contributed by atoms with Crippen LogP contribution in [0.25, 0.3) is 0 Å². The van der Waals surface area contributed by atoms with Crippen LogP contribution < -0.4 is 10.5 Å². The molecular formula is C23H28N4O3S. The maximum absolute atomic E-state index is 13.0. The molecule has 0 aliphatic carbocycles. The number of nitrogens with zero attached hydrogens (tertiary/aromatic N) is 3. The van der Waals surface area contributed by atoms with Crippen molar-refractivity contribution in [3.05, 3.63) is 51.8 Å². The molecule has 2 heterocycles. The van der Waals surface area contributed by atoms with E-state index in [1.165, 1.54) is 11.8 Å². The van der Waals surface area contributed by atoms with Gasteiger partial charge in [-0.15, -0.1) is 0 Å². The summed E-state index contributed by atoms with van der Waals surface area (Å²) in [4.78, 5) is 19.9. The average molecular weight is 441 g/mol. The Morgan fingerprint density at radius 1 is 1.32 bits per heavy atom. The van der Waals surface area contributed by atoms with Crippen LogP contribution in [0.5, 0.6) is 5.75 Å². The number of nitrogens with two attached hydrogens (primary N) is 1. The van der Waals surface area contributed by atoms with Crippen LogP contribution in [0.4, 0.5) is 0 Å². The summed E-state index contributed by atoms with van der Waals surface area (Å²) in [5.74, 6) is 1.06. The lowest BCUT2D eigenvalue weighted by Gasteiger charge is -2.35. The second kappa shape index (κ2) is 9.92. The third-order valence-corrected chi connectivity index (χ3v) is 5.80. The van der Waals surface area contributed by atoms with Crippen LogP contribution in [0.3, 0.4) is 0 Å². The molecule has 0 saturated heterocycles. The van der Waals surface area contributed by atoms with Gasteiger partial charge in [0.1, 0.15) is 22.5 Å². The first-order valence-corrected chi connectivity index (χ1v) is 11.3. The van der Waals surface area contributed by atoms with E-state index in [0.29, 0.717) is 46.1 Å². The zero-order chi connectivity index (χ0) is 22.5. The topological polar surface area (TPSA) is 101 Å². The lowest BCUT2D eigenvalue weighted by Crippen LogP contribution is -2.39. The Kier molecular flexibility index (Phi) is 7.29. The fourth-order valence-corrected chi connectivity index (χ4v) is 4.35. The average Bonchev–Trinajstić information content (AvgIpc) is 3.07. The Hall–Kier alpha value is -2.92. The summed E-state index contributed by atoms with van der Waals surface area (Å²) in [6.45, 7) is 8.88. The summed E-state index contributed by atoms with van der Waals surface area (Å²) in [7, 11) is 0. The van der Waals surface area contributed by atoms with Gasteiger partial charge in [0.25, 0.3) is 0 Å². The second-order valence-electron chi connectivity index (χ2n) is 7.70. The molecule has 1 atom stereocenters. The quantitative estimate of drug-likeness (QED) is 0.596. The number of fused-ring (bicyclic) bond motifs is 1. The van der Waals surface area contributed by atoms with Crippen molar-refractivity contribution < 1.29 is 14.3 Å². The zero-order valence-corrected chi connectivity index (χ0v) is 19.2. The number of allylic oxidation sites excluding steroid dienone is 2. The third-order valence-electron chi connectivity index (χ3n) is 4.83. The molecule has 0 spiro atoms. The first-order chi connectivity index (χ1) is 14.9. The predicted molar refractivity (Wildman–Crippen MR) is 122 cm³/mol. The number of carbonyl (C=O) groups is 1. The summed E-state index contributed by atoms with van der Waals surface area (Å²) < 4.78 is 11.2. The van der Waals surface area contributed by atoms with Crippen molar-refractivity contribution in [2.45, 2.75) is 46.6 Å². The molecular weight excluding hydrogens is 412 g/mol. The first kappa shape index (κ1) is 22.8. The van der Waals surface area contributed by atoms with Crippen LogP contribution in [0.2, 0.25) is 0 Å². The van der Waals surface area contributed by atoms with Gasteiger partial charge >= 0.3 is 5.97 Å². The van der Waals surface area contributed by atoms with Gasteiger partial charge in [0.05, 0.1) is 30.5 Å². The maximum atomic E-state index is 13.0. The number of ether oxygens (including phenoxy) is 2. The Morgan fingerprint density at radius 3 is 2.61 bits per heavy atom. The number of thioether (sulfide) groups is 1. The van der Waals surface area contributed by atoms with Crippen LogP contribution >= 0.6 is 11.8 Å². The Labute approximate surface area is 187 Å². The number of nitriles is 1. The Balaban J connectivity index is 2.09. The highest BCUT2D eigenvalue weighted by molar-refractivity contribution is 8.17. The minimum absolute atomic E-state index is 0.260. The van der Waals surface area contributed by atoms with E-state index in [9.17, 15) is 10.1 Å². The number of hydrogen-bond acceptors (Lipinski definition) is 8. The van der Waals surface area contributed by atoms with E-state index in [1.807, 2.05) is 31.2 Å². The van der Waals surface area contributed by atoms with E-state index in [1.54, 1.807) is 11.8 Å². The third kappa shape index (κ3) is 4.72. The van der Waals surface area contributed by atoms with Gasteiger partial charge in [-0.3, -0.25) is 4.90 Å². The Morgan fingerprint density at radius 2 is 2.03 bits per heavy atom. The van der Waals surface area contributed by atoms with E-state index in [0.717, 1.165) is 17.7 Å². The molecule has 164 valence electrons. The molecule has 2 aliphatic rings. The molecule has 1 aromatic rings. The number of benzene rings is 1. The number of hydrogen-bond donors (Lipinski definition) is 1. The minimum atomic E-state index is -0.523. The number of amidine groups is 1. The second-order valence-corrected chi connectivity index (χ2v) is 8.68. The van der Waals surface area contributed by atoms with Crippen molar-refractivity contribution in [1.82, 2.24) is 4.90 Å². The van der Waals surface area contributed by atoms with Crippen molar-refractivity contribution >= 4 is 22.9 Å². The fraction of sp³-hybridized carbons (Fsp3) is 0.435. The normalized spacial score (nSPS) is 18.1. The lowest BCUT2D eigenvalue weighted by atomic mass is 9.93. The number of aliphatic imine (C=N–C) groups is 1. The van der Waals surface area contributed by atoms with Gasteiger partial charge in [0.2, 0.25) is 0 Å². The first-order valence-electron chi connectivity index (χ1n) is 10.5. The molecule has 0 bridgehead atoms. The van der Waals surface area contributed by atoms with Gasteiger partial charge in [0, 0.05) is 0 Å². The maximum Gasteiger partial charge on any atom is 0.338 e. The van der Waals surface area contributed by atoms with Crippen molar-refractivity contribution in [1.29, 1.82) is 5.26 Å². The van der Waals surface area contributed by atoms with Crippen LogP contribution in [0.1, 0.15) is 52.1 Å². The van der Waals surface area contributed by atoms with E-state index >= 15 is 0 Å². The number of carbonyl (C=O) groups excluding carboxylic acids is 1. The number of esters is 1.